The molecule has 0 aromatic heterocycles. The first-order valence-corrected chi connectivity index (χ1v) is 12.9. The molecule has 2 aromatic carbocycles. The molecule has 9 heteroatoms. The maximum atomic E-state index is 12.9. The number of hydrogen-bond donors (Lipinski definition) is 2. The fourth-order valence-corrected chi connectivity index (χ4v) is 4.53. The molecule has 0 spiro atoms. The van der Waals surface area contributed by atoms with E-state index in [4.69, 9.17) is 51.1 Å². The summed E-state index contributed by atoms with van der Waals surface area (Å²) in [6, 6.07) is 6.81. The van der Waals surface area contributed by atoms with Gasteiger partial charge in [0.15, 0.2) is 0 Å². The van der Waals surface area contributed by atoms with Crippen molar-refractivity contribution in [1.82, 2.24) is 0 Å². The van der Waals surface area contributed by atoms with Crippen LogP contribution in [0, 0.1) is 0 Å². The molecule has 0 unspecified atom stereocenters. The van der Waals surface area contributed by atoms with Gasteiger partial charge in [0.1, 0.15) is 5.75 Å². The number of amides is 1. The van der Waals surface area contributed by atoms with E-state index in [1.807, 2.05) is 0 Å². The zero-order chi connectivity index (χ0) is 25.1. The molecule has 0 bridgehead atoms. The summed E-state index contributed by atoms with van der Waals surface area (Å²) in [5.41, 5.74) is -0.477. The van der Waals surface area contributed by atoms with E-state index in [9.17, 15) is 14.7 Å². The number of unbranched alkanes of at least 4 members (excludes halogenated alkanes) is 8. The highest BCUT2D eigenvalue weighted by atomic mass is 35.5. The van der Waals surface area contributed by atoms with Crippen molar-refractivity contribution >= 4 is 64.0 Å². The monoisotopic (exact) mass is 547 g/mol. The molecule has 186 valence electrons. The van der Waals surface area contributed by atoms with Crippen molar-refractivity contribution in [1.29, 1.82) is 0 Å². The Morgan fingerprint density at radius 2 is 1.38 bits per heavy atom. The first-order valence-electron chi connectivity index (χ1n) is 11.4. The molecule has 2 rings (SSSR count). The predicted molar refractivity (Wildman–Crippen MR) is 141 cm³/mol. The molecule has 0 saturated heterocycles. The quantitative estimate of drug-likeness (QED) is 0.140. The minimum absolute atomic E-state index is 0.193. The molecule has 0 saturated carbocycles. The Morgan fingerprint density at radius 1 is 0.824 bits per heavy atom. The number of anilines is 1. The molecule has 0 fully saturated rings. The topological polar surface area (TPSA) is 75.6 Å². The molecule has 2 aromatic rings. The number of benzene rings is 2. The minimum atomic E-state index is -1.45. The van der Waals surface area contributed by atoms with Gasteiger partial charge in [-0.25, -0.2) is 4.79 Å². The van der Waals surface area contributed by atoms with Crippen LogP contribution in [-0.2, 0) is 0 Å². The lowest BCUT2D eigenvalue weighted by atomic mass is 10.1. The van der Waals surface area contributed by atoms with Crippen LogP contribution in [0.1, 0.15) is 85.4 Å². The summed E-state index contributed by atoms with van der Waals surface area (Å²) < 4.78 is 5.80. The molecule has 0 aliphatic rings. The number of carbonyl (C=O) groups is 2. The van der Waals surface area contributed by atoms with Gasteiger partial charge >= 0.3 is 5.97 Å². The fraction of sp³-hybridized carbons (Fsp3) is 0.440. The van der Waals surface area contributed by atoms with Crippen molar-refractivity contribution in [2.45, 2.75) is 64.7 Å². The summed E-state index contributed by atoms with van der Waals surface area (Å²) in [6.45, 7) is 2.80. The molecule has 0 heterocycles. The van der Waals surface area contributed by atoms with Gasteiger partial charge in [0.05, 0.1) is 37.8 Å². The lowest BCUT2D eigenvalue weighted by molar-refractivity contribution is 0.0692. The molecule has 0 radical (unpaired) electrons. The van der Waals surface area contributed by atoms with Crippen molar-refractivity contribution in [2.24, 2.45) is 0 Å². The Bertz CT molecular complexity index is 997. The molecule has 0 aliphatic carbocycles. The van der Waals surface area contributed by atoms with Crippen LogP contribution in [0.2, 0.25) is 20.1 Å². The highest BCUT2D eigenvalue weighted by Gasteiger charge is 2.28. The average Bonchev–Trinajstić information content (AvgIpc) is 2.81. The van der Waals surface area contributed by atoms with Gasteiger partial charge in [-0.2, -0.15) is 0 Å². The van der Waals surface area contributed by atoms with Crippen LogP contribution in [0.4, 0.5) is 5.69 Å². The van der Waals surface area contributed by atoms with Gasteiger partial charge in [-0.3, -0.25) is 4.79 Å². The van der Waals surface area contributed by atoms with Crippen LogP contribution in [0.3, 0.4) is 0 Å². The lowest BCUT2D eigenvalue weighted by Crippen LogP contribution is -2.18. The van der Waals surface area contributed by atoms with Crippen molar-refractivity contribution in [2.75, 3.05) is 11.9 Å². The largest absolute Gasteiger partial charge is 0.494 e. The highest BCUT2D eigenvalue weighted by molar-refractivity contribution is 6.54. The van der Waals surface area contributed by atoms with Crippen LogP contribution in [-0.4, -0.2) is 23.6 Å². The van der Waals surface area contributed by atoms with Crippen LogP contribution in [0.15, 0.2) is 24.3 Å². The molecule has 34 heavy (non-hydrogen) atoms. The van der Waals surface area contributed by atoms with Gasteiger partial charge in [0.25, 0.3) is 5.91 Å². The van der Waals surface area contributed by atoms with Gasteiger partial charge in [-0.05, 0) is 18.6 Å². The van der Waals surface area contributed by atoms with E-state index in [1.54, 1.807) is 24.3 Å². The third kappa shape index (κ3) is 8.23. The Hall–Kier alpha value is -1.66. The SMILES string of the molecule is CCCCCCCCCCCOc1cccc(NC(=O)c2c(Cl)c(Cl)c(Cl)c(Cl)c2C(=O)O)c1. The minimum Gasteiger partial charge on any atom is -0.494 e. The Labute approximate surface area is 220 Å². The van der Waals surface area contributed by atoms with Gasteiger partial charge in [0.2, 0.25) is 0 Å². The average molecular weight is 549 g/mol. The fourth-order valence-electron chi connectivity index (χ4n) is 3.51. The van der Waals surface area contributed by atoms with Gasteiger partial charge < -0.3 is 15.2 Å². The molecule has 1 amide bonds. The first kappa shape index (κ1) is 28.6. The summed E-state index contributed by atoms with van der Waals surface area (Å²) in [7, 11) is 0. The van der Waals surface area contributed by atoms with Crippen molar-refractivity contribution < 1.29 is 19.4 Å². The van der Waals surface area contributed by atoms with E-state index >= 15 is 0 Å². The summed E-state index contributed by atoms with van der Waals surface area (Å²) in [4.78, 5) is 24.6. The maximum absolute atomic E-state index is 12.9. The molecule has 2 N–H and O–H groups in total. The molecule has 0 aliphatic heterocycles. The number of ether oxygens (including phenoxy) is 1. The predicted octanol–water partition coefficient (Wildman–Crippen LogP) is 9.16. The van der Waals surface area contributed by atoms with E-state index in [0.29, 0.717) is 18.0 Å². The normalized spacial score (nSPS) is 10.9. The standard InChI is InChI=1S/C25H29Cl4NO4/c1-2-3-4-5-6-7-8-9-10-14-34-17-13-11-12-16(15-17)30-24(31)18-19(25(32)33)21(27)23(29)22(28)20(18)26/h11-13,15H,2-10,14H2,1H3,(H,30,31)(H,32,33). The van der Waals surface area contributed by atoms with Crippen LogP contribution < -0.4 is 10.1 Å². The third-order valence-electron chi connectivity index (χ3n) is 5.32. The van der Waals surface area contributed by atoms with E-state index in [1.165, 1.54) is 44.9 Å². The van der Waals surface area contributed by atoms with Crippen molar-refractivity contribution in [3.63, 3.8) is 0 Å². The van der Waals surface area contributed by atoms with Crippen molar-refractivity contribution in [3.8, 4) is 5.75 Å². The van der Waals surface area contributed by atoms with Gasteiger partial charge in [-0.1, -0.05) is 111 Å². The Kier molecular flexibility index (Phi) is 12.3. The zero-order valence-electron chi connectivity index (χ0n) is 19.1. The number of carbonyl (C=O) groups excluding carboxylic acids is 1. The number of aromatic carboxylic acids is 1. The number of carboxylic acid groups (broad SMARTS) is 1. The zero-order valence-corrected chi connectivity index (χ0v) is 22.1. The number of nitrogens with one attached hydrogen (secondary N) is 1. The maximum Gasteiger partial charge on any atom is 0.338 e. The van der Waals surface area contributed by atoms with Gasteiger partial charge in [-0.15, -0.1) is 0 Å². The van der Waals surface area contributed by atoms with E-state index < -0.39 is 17.4 Å². The molecular weight excluding hydrogens is 520 g/mol. The first-order chi connectivity index (χ1) is 16.3. The number of carboxylic acids is 1. The summed E-state index contributed by atoms with van der Waals surface area (Å²) in [5, 5.41) is 11.1. The summed E-state index contributed by atoms with van der Waals surface area (Å²) >= 11 is 24.1. The lowest BCUT2D eigenvalue weighted by Gasteiger charge is -2.14. The number of rotatable bonds is 14. The van der Waals surface area contributed by atoms with E-state index in [0.717, 1.165) is 12.8 Å². The Balaban J connectivity index is 1.93. The summed E-state index contributed by atoms with van der Waals surface area (Å²) in [6.07, 6.45) is 11.0. The highest BCUT2D eigenvalue weighted by Crippen LogP contribution is 2.41. The number of halogens is 4. The molecule has 5 nitrogen and oxygen atoms in total. The van der Waals surface area contributed by atoms with Crippen LogP contribution in [0.5, 0.6) is 5.75 Å². The van der Waals surface area contributed by atoms with E-state index in [2.05, 4.69) is 12.2 Å². The van der Waals surface area contributed by atoms with Crippen LogP contribution >= 0.6 is 46.4 Å². The third-order valence-corrected chi connectivity index (χ3v) is 7.12. The molecule has 0 atom stereocenters. The Morgan fingerprint density at radius 3 is 1.97 bits per heavy atom. The smallest absolute Gasteiger partial charge is 0.338 e. The van der Waals surface area contributed by atoms with Crippen molar-refractivity contribution in [3.05, 3.63) is 55.5 Å². The second kappa shape index (κ2) is 14.7. The van der Waals surface area contributed by atoms with E-state index in [-0.39, 0.29) is 25.7 Å². The second-order valence-electron chi connectivity index (χ2n) is 7.97. The van der Waals surface area contributed by atoms with Gasteiger partial charge in [0, 0.05) is 11.8 Å². The van der Waals surface area contributed by atoms with Crippen LogP contribution in [0.25, 0.3) is 0 Å². The number of hydrogen-bond acceptors (Lipinski definition) is 3. The molecular formula is C25H29Cl4NO4. The second-order valence-corrected chi connectivity index (χ2v) is 9.48. The summed E-state index contributed by atoms with van der Waals surface area (Å²) in [5.74, 6) is -1.64.